The minimum atomic E-state index is -4.81. The van der Waals surface area contributed by atoms with E-state index in [1.807, 2.05) is 6.07 Å². The second-order valence-corrected chi connectivity index (χ2v) is 7.71. The Labute approximate surface area is 166 Å². The maximum absolute atomic E-state index is 14.0. The molecule has 13 heteroatoms. The summed E-state index contributed by atoms with van der Waals surface area (Å²) in [5.74, 6) is -3.85. The zero-order chi connectivity index (χ0) is 21.3. The Balaban J connectivity index is 0.00000240. The lowest BCUT2D eigenvalue weighted by Crippen LogP contribution is -2.49. The van der Waals surface area contributed by atoms with Crippen molar-refractivity contribution in [2.24, 2.45) is 0 Å². The van der Waals surface area contributed by atoms with Crippen LogP contribution in [0.5, 0.6) is 0 Å². The number of hydrogen-bond acceptors (Lipinski definition) is 7. The molecule has 3 rings (SSSR count). The van der Waals surface area contributed by atoms with Gasteiger partial charge in [0.15, 0.2) is 11.6 Å². The average molecular weight is 426 g/mol. The van der Waals surface area contributed by atoms with Gasteiger partial charge in [-0.3, -0.25) is 4.79 Å². The van der Waals surface area contributed by atoms with Crippen LogP contribution in [-0.2, 0) is 14.8 Å². The fraction of sp³-hybridized carbons (Fsp3) is 0.188. The smallest absolute Gasteiger partial charge is 0.336 e. The summed E-state index contributed by atoms with van der Waals surface area (Å²) in [6, 6.07) is 1.43. The van der Waals surface area contributed by atoms with Crippen LogP contribution in [0.25, 0.3) is 0 Å². The molecule has 1 aromatic carbocycles. The Kier molecular flexibility index (Phi) is 5.12. The van der Waals surface area contributed by atoms with Crippen molar-refractivity contribution in [2.45, 2.75) is 17.9 Å². The molecular formula is C16H16F2N6O4S. The van der Waals surface area contributed by atoms with Crippen molar-refractivity contribution in [3.05, 3.63) is 47.5 Å². The van der Waals surface area contributed by atoms with Gasteiger partial charge in [-0.15, -0.1) is 0 Å². The molecule has 0 bridgehead atoms. The fourth-order valence-electron chi connectivity index (χ4n) is 2.54. The van der Waals surface area contributed by atoms with Gasteiger partial charge in [0.2, 0.25) is 5.91 Å². The van der Waals surface area contributed by atoms with Crippen LogP contribution >= 0.6 is 0 Å². The molecule has 1 aliphatic rings. The number of amides is 3. The second-order valence-electron chi connectivity index (χ2n) is 5.91. The van der Waals surface area contributed by atoms with Crippen molar-refractivity contribution in [1.29, 1.82) is 5.26 Å². The van der Waals surface area contributed by atoms with Crippen molar-refractivity contribution in [1.82, 2.24) is 19.6 Å². The molecule has 10 nitrogen and oxygen atoms in total. The zero-order valence-corrected chi connectivity index (χ0v) is 15.5. The summed E-state index contributed by atoms with van der Waals surface area (Å²) < 4.78 is 52.7. The van der Waals surface area contributed by atoms with Gasteiger partial charge in [-0.2, -0.15) is 5.26 Å². The molecule has 0 unspecified atom stereocenters. The van der Waals surface area contributed by atoms with Crippen LogP contribution in [0.1, 0.15) is 27.2 Å². The monoisotopic (exact) mass is 426 g/mol. The number of fused-ring (bicyclic) bond motifs is 1. The Morgan fingerprint density at radius 1 is 1.38 bits per heavy atom. The Bertz CT molecular complexity index is 1160. The number of carbonyl (C=O) groups is 2. The highest BCUT2D eigenvalue weighted by molar-refractivity contribution is 7.90. The molecule has 2 N–H and O–H groups in total. The molecule has 2 aromatic rings. The van der Waals surface area contributed by atoms with E-state index in [9.17, 15) is 26.8 Å². The van der Waals surface area contributed by atoms with E-state index in [1.54, 1.807) is 0 Å². The summed E-state index contributed by atoms with van der Waals surface area (Å²) in [7, 11) is -4.81. The zero-order valence-electron chi connectivity index (χ0n) is 14.7. The number of rotatable bonds is 4. The summed E-state index contributed by atoms with van der Waals surface area (Å²) in [6.45, 7) is 0.512. The highest BCUT2D eigenvalue weighted by Gasteiger charge is 2.41. The number of urea groups is 1. The number of halogens is 2. The lowest BCUT2D eigenvalue weighted by Gasteiger charge is -2.28. The van der Waals surface area contributed by atoms with Crippen molar-refractivity contribution >= 4 is 27.6 Å². The summed E-state index contributed by atoms with van der Waals surface area (Å²) in [4.78, 5) is 31.1. The average Bonchev–Trinajstić information content (AvgIpc) is 2.67. The third kappa shape index (κ3) is 3.69. The summed E-state index contributed by atoms with van der Waals surface area (Å²) >= 11 is 0. The van der Waals surface area contributed by atoms with E-state index < -0.39 is 56.8 Å². The number of benzene rings is 1. The highest BCUT2D eigenvalue weighted by atomic mass is 32.2. The summed E-state index contributed by atoms with van der Waals surface area (Å²) in [5.41, 5.74) is -0.221. The molecule has 1 aliphatic heterocycles. The lowest BCUT2D eigenvalue weighted by molar-refractivity contribution is -0.121. The minimum Gasteiger partial charge on any atom is -0.345 e. The fourth-order valence-corrected chi connectivity index (χ4v) is 4.03. The SMILES string of the molecule is C[C@@H](NC(=O)CN1C(=O)Nc2ccc(F)c(F)c2S1(=O)=O)c1ncc(C#N)cn1.[HH].[HH]. The largest absolute Gasteiger partial charge is 0.345 e. The molecule has 29 heavy (non-hydrogen) atoms. The van der Waals surface area contributed by atoms with E-state index >= 15 is 0 Å². The van der Waals surface area contributed by atoms with Crippen molar-refractivity contribution in [3.63, 3.8) is 0 Å². The van der Waals surface area contributed by atoms with Crippen LogP contribution in [0.2, 0.25) is 0 Å². The van der Waals surface area contributed by atoms with Crippen molar-refractivity contribution < 1.29 is 29.6 Å². The lowest BCUT2D eigenvalue weighted by atomic mass is 10.3. The standard InChI is InChI=1S/C16H12F2N6O4S.2H2/c1-8(15-20-5-9(4-19)6-21-15)22-12(25)7-24-16(26)23-11-3-2-10(17)13(18)14(11)29(24,27)28;;/h2-3,5-6,8H,7H2,1H3,(H,22,25)(H,23,26);2*1H/t8-;;/m1../s1. The molecule has 3 amide bonds. The van der Waals surface area contributed by atoms with Crippen molar-refractivity contribution in [3.8, 4) is 6.07 Å². The molecule has 1 aromatic heterocycles. The van der Waals surface area contributed by atoms with Gasteiger partial charge in [0.25, 0.3) is 10.0 Å². The number of nitriles is 1. The normalized spacial score (nSPS) is 15.7. The van der Waals surface area contributed by atoms with Gasteiger partial charge in [-0.25, -0.2) is 36.3 Å². The van der Waals surface area contributed by atoms with E-state index in [0.29, 0.717) is 6.07 Å². The number of hydrogen-bond donors (Lipinski definition) is 2. The van der Waals surface area contributed by atoms with Gasteiger partial charge in [-0.05, 0) is 19.1 Å². The number of sulfonamides is 1. The van der Waals surface area contributed by atoms with Crippen LogP contribution in [-0.4, -0.2) is 41.2 Å². The number of nitrogens with zero attached hydrogens (tertiary/aromatic N) is 4. The predicted octanol–water partition coefficient (Wildman–Crippen LogP) is 1.53. The topological polar surface area (TPSA) is 145 Å². The van der Waals surface area contributed by atoms with Gasteiger partial charge < -0.3 is 10.6 Å². The van der Waals surface area contributed by atoms with Crippen molar-refractivity contribution in [2.75, 3.05) is 11.9 Å². The quantitative estimate of drug-likeness (QED) is 0.754. The third-order valence-corrected chi connectivity index (χ3v) is 5.71. The maximum atomic E-state index is 14.0. The van der Waals surface area contributed by atoms with Gasteiger partial charge >= 0.3 is 6.03 Å². The summed E-state index contributed by atoms with van der Waals surface area (Å²) in [6.07, 6.45) is 2.48. The van der Waals surface area contributed by atoms with E-state index in [1.165, 1.54) is 19.3 Å². The Morgan fingerprint density at radius 2 is 2.03 bits per heavy atom. The highest BCUT2D eigenvalue weighted by Crippen LogP contribution is 2.33. The van der Waals surface area contributed by atoms with Crippen LogP contribution in [0.3, 0.4) is 0 Å². The first-order valence-electron chi connectivity index (χ1n) is 7.98. The van der Waals surface area contributed by atoms with Gasteiger partial charge in [0, 0.05) is 15.2 Å². The Morgan fingerprint density at radius 3 is 2.66 bits per heavy atom. The minimum absolute atomic E-state index is 0. The first-order valence-corrected chi connectivity index (χ1v) is 9.42. The molecule has 0 radical (unpaired) electrons. The van der Waals surface area contributed by atoms with Crippen LogP contribution < -0.4 is 10.6 Å². The van der Waals surface area contributed by atoms with Crippen LogP contribution in [0.15, 0.2) is 29.4 Å². The van der Waals surface area contributed by atoms with Crippen LogP contribution in [0.4, 0.5) is 19.3 Å². The second kappa shape index (κ2) is 7.40. The van der Waals surface area contributed by atoms with Gasteiger partial charge in [-0.1, -0.05) is 0 Å². The number of nitrogens with one attached hydrogen (secondary N) is 2. The first-order chi connectivity index (χ1) is 13.6. The molecule has 154 valence electrons. The molecule has 0 spiro atoms. The van der Waals surface area contributed by atoms with Gasteiger partial charge in [0.1, 0.15) is 23.3 Å². The third-order valence-electron chi connectivity index (χ3n) is 3.92. The van der Waals surface area contributed by atoms with Crippen LogP contribution in [0, 0.1) is 23.0 Å². The first kappa shape index (κ1) is 20.1. The molecule has 0 saturated carbocycles. The Hall–Kier alpha value is -3.66. The van der Waals surface area contributed by atoms with E-state index in [0.717, 1.165) is 6.07 Å². The van der Waals surface area contributed by atoms with E-state index in [2.05, 4.69) is 20.6 Å². The molecule has 1 atom stereocenters. The number of anilines is 1. The number of aromatic nitrogens is 2. The maximum Gasteiger partial charge on any atom is 0.336 e. The van der Waals surface area contributed by atoms with Gasteiger partial charge in [0.05, 0.1) is 17.3 Å². The molecule has 0 fully saturated rings. The molecular weight excluding hydrogens is 410 g/mol. The predicted molar refractivity (Wildman–Crippen MR) is 96.8 cm³/mol. The number of carbonyl (C=O) groups excluding carboxylic acids is 2. The summed E-state index contributed by atoms with van der Waals surface area (Å²) in [5, 5.41) is 13.2. The molecule has 0 aliphatic carbocycles. The molecule has 0 saturated heterocycles. The molecule has 2 heterocycles. The van der Waals surface area contributed by atoms with E-state index in [4.69, 9.17) is 5.26 Å². The van der Waals surface area contributed by atoms with E-state index in [-0.39, 0.29) is 18.5 Å².